The van der Waals surface area contributed by atoms with Crippen molar-refractivity contribution < 1.29 is 14.1 Å². The van der Waals surface area contributed by atoms with Gasteiger partial charge in [-0.2, -0.15) is 0 Å². The molecule has 0 spiro atoms. The van der Waals surface area contributed by atoms with Crippen LogP contribution in [0.2, 0.25) is 5.02 Å². The van der Waals surface area contributed by atoms with E-state index in [0.717, 1.165) is 0 Å². The standard InChI is InChI=1S/C17H19ClN2O3/c1-10-13(9-23-20-10)16(22)19-15(17(2,3)4)14(21)11-5-7-12(18)8-6-11/h5-9,15H,1-4H3,(H,19,22). The molecule has 2 aromatic rings. The summed E-state index contributed by atoms with van der Waals surface area (Å²) in [5.41, 5.74) is 0.839. The Balaban J connectivity index is 2.27. The minimum Gasteiger partial charge on any atom is -0.364 e. The van der Waals surface area contributed by atoms with Gasteiger partial charge in [-0.3, -0.25) is 9.59 Å². The van der Waals surface area contributed by atoms with E-state index in [2.05, 4.69) is 10.5 Å². The number of hydrogen-bond acceptors (Lipinski definition) is 4. The highest BCUT2D eigenvalue weighted by Gasteiger charge is 2.34. The van der Waals surface area contributed by atoms with Gasteiger partial charge in [0.25, 0.3) is 5.91 Å². The van der Waals surface area contributed by atoms with Crippen molar-refractivity contribution in [3.8, 4) is 0 Å². The Hall–Kier alpha value is -2.14. The smallest absolute Gasteiger partial charge is 0.257 e. The summed E-state index contributed by atoms with van der Waals surface area (Å²) in [5.74, 6) is -0.553. The number of halogens is 1. The molecule has 122 valence electrons. The fourth-order valence-electron chi connectivity index (χ4n) is 2.18. The number of carbonyl (C=O) groups is 2. The maximum atomic E-state index is 12.8. The van der Waals surface area contributed by atoms with E-state index in [0.29, 0.717) is 21.8 Å². The monoisotopic (exact) mass is 334 g/mol. The van der Waals surface area contributed by atoms with E-state index >= 15 is 0 Å². The average Bonchev–Trinajstić information content (AvgIpc) is 2.89. The Kier molecular flexibility index (Phi) is 4.90. The summed E-state index contributed by atoms with van der Waals surface area (Å²) in [6.07, 6.45) is 1.27. The van der Waals surface area contributed by atoms with Gasteiger partial charge in [-0.1, -0.05) is 37.5 Å². The van der Waals surface area contributed by atoms with E-state index in [-0.39, 0.29) is 11.7 Å². The number of aromatic nitrogens is 1. The first kappa shape index (κ1) is 17.2. The summed E-state index contributed by atoms with van der Waals surface area (Å²) < 4.78 is 4.78. The molecular weight excluding hydrogens is 316 g/mol. The Morgan fingerprint density at radius 1 is 1.22 bits per heavy atom. The Morgan fingerprint density at radius 2 is 1.83 bits per heavy atom. The molecule has 0 aliphatic rings. The molecule has 0 aliphatic carbocycles. The molecule has 1 aromatic carbocycles. The molecule has 1 aromatic heterocycles. The van der Waals surface area contributed by atoms with Crippen molar-refractivity contribution >= 4 is 23.3 Å². The highest BCUT2D eigenvalue weighted by Crippen LogP contribution is 2.24. The molecule has 1 heterocycles. The van der Waals surface area contributed by atoms with E-state index in [1.165, 1.54) is 6.26 Å². The lowest BCUT2D eigenvalue weighted by molar-refractivity contribution is 0.0781. The minimum absolute atomic E-state index is 0.170. The number of aryl methyl sites for hydroxylation is 1. The van der Waals surface area contributed by atoms with Crippen LogP contribution in [-0.4, -0.2) is 22.9 Å². The summed E-state index contributed by atoms with van der Waals surface area (Å²) in [5, 5.41) is 7.03. The number of carbonyl (C=O) groups excluding carboxylic acids is 2. The maximum absolute atomic E-state index is 12.8. The predicted molar refractivity (Wildman–Crippen MR) is 87.7 cm³/mol. The third kappa shape index (κ3) is 3.99. The van der Waals surface area contributed by atoms with Crippen molar-refractivity contribution in [1.82, 2.24) is 10.5 Å². The molecule has 0 bridgehead atoms. The van der Waals surface area contributed by atoms with Gasteiger partial charge in [-0.05, 0) is 36.6 Å². The number of ketones is 1. The van der Waals surface area contributed by atoms with Crippen LogP contribution in [0.5, 0.6) is 0 Å². The largest absolute Gasteiger partial charge is 0.364 e. The molecule has 0 fully saturated rings. The van der Waals surface area contributed by atoms with Crippen LogP contribution >= 0.6 is 11.6 Å². The molecule has 5 nitrogen and oxygen atoms in total. The SMILES string of the molecule is Cc1nocc1C(=O)NC(C(=O)c1ccc(Cl)cc1)C(C)(C)C. The Morgan fingerprint density at radius 3 is 2.30 bits per heavy atom. The third-order valence-corrected chi connectivity index (χ3v) is 3.78. The maximum Gasteiger partial charge on any atom is 0.257 e. The highest BCUT2D eigenvalue weighted by atomic mass is 35.5. The van der Waals surface area contributed by atoms with Gasteiger partial charge in [0.05, 0.1) is 11.7 Å². The van der Waals surface area contributed by atoms with Crippen LogP contribution in [0.4, 0.5) is 0 Å². The van der Waals surface area contributed by atoms with Gasteiger partial charge in [0, 0.05) is 10.6 Å². The summed E-state index contributed by atoms with van der Waals surface area (Å²) >= 11 is 5.86. The molecule has 0 aliphatic heterocycles. The van der Waals surface area contributed by atoms with Gasteiger partial charge < -0.3 is 9.84 Å². The van der Waals surface area contributed by atoms with E-state index in [1.807, 2.05) is 20.8 Å². The number of hydrogen-bond donors (Lipinski definition) is 1. The second-order valence-corrected chi connectivity index (χ2v) is 6.89. The van der Waals surface area contributed by atoms with Crippen molar-refractivity contribution in [2.24, 2.45) is 5.41 Å². The van der Waals surface area contributed by atoms with Gasteiger partial charge in [-0.25, -0.2) is 0 Å². The van der Waals surface area contributed by atoms with Crippen molar-refractivity contribution in [1.29, 1.82) is 0 Å². The molecule has 0 saturated heterocycles. The average molecular weight is 335 g/mol. The van der Waals surface area contributed by atoms with E-state index in [4.69, 9.17) is 16.1 Å². The molecule has 23 heavy (non-hydrogen) atoms. The van der Waals surface area contributed by atoms with E-state index < -0.39 is 11.5 Å². The molecule has 0 radical (unpaired) electrons. The van der Waals surface area contributed by atoms with Gasteiger partial charge >= 0.3 is 0 Å². The number of Topliss-reactive ketones (excluding diaryl/α,β-unsaturated/α-hetero) is 1. The van der Waals surface area contributed by atoms with Crippen molar-refractivity contribution in [3.63, 3.8) is 0 Å². The minimum atomic E-state index is -0.689. The number of nitrogens with one attached hydrogen (secondary N) is 1. The van der Waals surface area contributed by atoms with Gasteiger partial charge in [0.1, 0.15) is 11.8 Å². The lowest BCUT2D eigenvalue weighted by Crippen LogP contribution is -2.49. The van der Waals surface area contributed by atoms with Crippen LogP contribution in [0.15, 0.2) is 35.1 Å². The van der Waals surface area contributed by atoms with Gasteiger partial charge in [0.2, 0.25) is 0 Å². The Bertz CT molecular complexity index is 714. The van der Waals surface area contributed by atoms with Crippen LogP contribution in [0.3, 0.4) is 0 Å². The number of amides is 1. The summed E-state index contributed by atoms with van der Waals surface area (Å²) in [6, 6.07) is 5.92. The molecular formula is C17H19ClN2O3. The first-order chi connectivity index (χ1) is 10.7. The van der Waals surface area contributed by atoms with Crippen LogP contribution < -0.4 is 5.32 Å². The van der Waals surface area contributed by atoms with Gasteiger partial charge in [-0.15, -0.1) is 0 Å². The molecule has 6 heteroatoms. The topological polar surface area (TPSA) is 72.2 Å². The quantitative estimate of drug-likeness (QED) is 0.866. The summed E-state index contributed by atoms with van der Waals surface area (Å²) in [4.78, 5) is 25.2. The number of benzene rings is 1. The number of nitrogens with zero attached hydrogens (tertiary/aromatic N) is 1. The first-order valence-electron chi connectivity index (χ1n) is 7.22. The molecule has 1 atom stereocenters. The fraction of sp³-hybridized carbons (Fsp3) is 0.353. The zero-order valence-electron chi connectivity index (χ0n) is 13.5. The molecule has 2 rings (SSSR count). The van der Waals surface area contributed by atoms with Crippen LogP contribution in [0.25, 0.3) is 0 Å². The third-order valence-electron chi connectivity index (χ3n) is 3.53. The van der Waals surface area contributed by atoms with Crippen molar-refractivity contribution in [3.05, 3.63) is 52.4 Å². The second-order valence-electron chi connectivity index (χ2n) is 6.46. The Labute approximate surface area is 140 Å². The van der Waals surface area contributed by atoms with Crippen LogP contribution in [0, 0.1) is 12.3 Å². The zero-order chi connectivity index (χ0) is 17.2. The molecule has 1 unspecified atom stereocenters. The second kappa shape index (κ2) is 6.54. The van der Waals surface area contributed by atoms with Gasteiger partial charge in [0.15, 0.2) is 5.78 Å². The molecule has 1 N–H and O–H groups in total. The lowest BCUT2D eigenvalue weighted by Gasteiger charge is -2.30. The van der Waals surface area contributed by atoms with E-state index in [9.17, 15) is 9.59 Å². The van der Waals surface area contributed by atoms with Crippen molar-refractivity contribution in [2.45, 2.75) is 33.7 Å². The normalized spacial score (nSPS) is 12.7. The molecule has 0 saturated carbocycles. The van der Waals surface area contributed by atoms with Crippen LogP contribution in [-0.2, 0) is 0 Å². The summed E-state index contributed by atoms with van der Waals surface area (Å²) in [6.45, 7) is 7.36. The van der Waals surface area contributed by atoms with Crippen molar-refractivity contribution in [2.75, 3.05) is 0 Å². The van der Waals surface area contributed by atoms with E-state index in [1.54, 1.807) is 31.2 Å². The number of rotatable bonds is 4. The summed E-state index contributed by atoms with van der Waals surface area (Å²) in [7, 11) is 0. The molecule has 1 amide bonds. The lowest BCUT2D eigenvalue weighted by atomic mass is 9.82. The highest BCUT2D eigenvalue weighted by molar-refractivity contribution is 6.30. The zero-order valence-corrected chi connectivity index (χ0v) is 14.3. The predicted octanol–water partition coefficient (Wildman–Crippen LogP) is 3.66. The first-order valence-corrected chi connectivity index (χ1v) is 7.59. The van der Waals surface area contributed by atoms with Crippen LogP contribution in [0.1, 0.15) is 47.2 Å². The fourth-order valence-corrected chi connectivity index (χ4v) is 2.30.